The number of fused-ring (bicyclic) bond motifs is 1. The minimum absolute atomic E-state index is 0.477. The summed E-state index contributed by atoms with van der Waals surface area (Å²) in [6, 6.07) is 5.72. The predicted molar refractivity (Wildman–Crippen MR) is 58.9 cm³/mol. The summed E-state index contributed by atoms with van der Waals surface area (Å²) < 4.78 is 0.937. The van der Waals surface area contributed by atoms with E-state index < -0.39 is 0 Å². The third-order valence-corrected chi connectivity index (χ3v) is 2.80. The van der Waals surface area contributed by atoms with Gasteiger partial charge >= 0.3 is 0 Å². The maximum atomic E-state index is 5.91. The fraction of sp³-hybridized carbons (Fsp3) is 0. The van der Waals surface area contributed by atoms with Crippen LogP contribution < -0.4 is 5.73 Å². The topological polar surface area (TPSA) is 38.9 Å². The van der Waals surface area contributed by atoms with Crippen LogP contribution in [0.25, 0.3) is 10.8 Å². The van der Waals surface area contributed by atoms with Crippen molar-refractivity contribution >= 4 is 44.0 Å². The molecule has 4 heteroatoms. The maximum Gasteiger partial charge on any atom is 0.137 e. The lowest BCUT2D eigenvalue weighted by molar-refractivity contribution is 1.36. The Kier molecular flexibility index (Phi) is 2.14. The third kappa shape index (κ3) is 1.38. The molecular formula is C9H6BrClN2. The van der Waals surface area contributed by atoms with Crippen LogP contribution in [0.4, 0.5) is 5.69 Å². The zero-order chi connectivity index (χ0) is 9.42. The Morgan fingerprint density at radius 3 is 2.85 bits per heavy atom. The van der Waals surface area contributed by atoms with Gasteiger partial charge in [-0.1, -0.05) is 39.7 Å². The molecule has 0 bridgehead atoms. The molecule has 1 aromatic heterocycles. The van der Waals surface area contributed by atoms with Crippen molar-refractivity contribution in [2.24, 2.45) is 0 Å². The summed E-state index contributed by atoms with van der Waals surface area (Å²) in [5, 5.41) is 2.27. The normalized spacial score (nSPS) is 10.6. The second-order valence-electron chi connectivity index (χ2n) is 2.67. The van der Waals surface area contributed by atoms with E-state index in [2.05, 4.69) is 20.9 Å². The van der Waals surface area contributed by atoms with Gasteiger partial charge < -0.3 is 5.73 Å². The Balaban J connectivity index is 3.00. The van der Waals surface area contributed by atoms with Crippen molar-refractivity contribution < 1.29 is 0 Å². The summed E-state index contributed by atoms with van der Waals surface area (Å²) in [6.45, 7) is 0. The van der Waals surface area contributed by atoms with Gasteiger partial charge in [-0.05, 0) is 6.07 Å². The van der Waals surface area contributed by atoms with Crippen LogP contribution in [-0.4, -0.2) is 4.98 Å². The molecule has 2 nitrogen and oxygen atoms in total. The number of hydrogen-bond acceptors (Lipinski definition) is 2. The minimum Gasteiger partial charge on any atom is -0.397 e. The Morgan fingerprint density at radius 2 is 2.15 bits per heavy atom. The second kappa shape index (κ2) is 3.16. The summed E-state index contributed by atoms with van der Waals surface area (Å²) in [5.74, 6) is 0. The Labute approximate surface area is 88.8 Å². The van der Waals surface area contributed by atoms with E-state index >= 15 is 0 Å². The molecule has 0 radical (unpaired) electrons. The zero-order valence-electron chi connectivity index (χ0n) is 6.59. The third-order valence-electron chi connectivity index (χ3n) is 1.84. The van der Waals surface area contributed by atoms with Gasteiger partial charge in [0, 0.05) is 15.2 Å². The monoisotopic (exact) mass is 256 g/mol. The van der Waals surface area contributed by atoms with Crippen molar-refractivity contribution in [1.82, 2.24) is 4.98 Å². The van der Waals surface area contributed by atoms with Crippen molar-refractivity contribution in [3.05, 3.63) is 34.0 Å². The van der Waals surface area contributed by atoms with Gasteiger partial charge in [0.25, 0.3) is 0 Å². The molecule has 0 aliphatic heterocycles. The van der Waals surface area contributed by atoms with E-state index in [1.54, 1.807) is 6.20 Å². The van der Waals surface area contributed by atoms with E-state index in [9.17, 15) is 0 Å². The van der Waals surface area contributed by atoms with Gasteiger partial charge in [-0.2, -0.15) is 0 Å². The first-order chi connectivity index (χ1) is 6.20. The molecule has 66 valence electrons. The summed E-state index contributed by atoms with van der Waals surface area (Å²) in [7, 11) is 0. The molecule has 0 aliphatic carbocycles. The van der Waals surface area contributed by atoms with Gasteiger partial charge in [-0.15, -0.1) is 0 Å². The lowest BCUT2D eigenvalue weighted by Gasteiger charge is -2.04. The molecule has 0 aliphatic rings. The molecular weight excluding hydrogens is 251 g/mol. The number of halogens is 2. The first-order valence-electron chi connectivity index (χ1n) is 3.68. The van der Waals surface area contributed by atoms with Crippen LogP contribution in [0.15, 0.2) is 28.9 Å². The van der Waals surface area contributed by atoms with E-state index in [0.29, 0.717) is 10.8 Å². The van der Waals surface area contributed by atoms with Crippen LogP contribution in [0.2, 0.25) is 5.15 Å². The van der Waals surface area contributed by atoms with E-state index in [-0.39, 0.29) is 0 Å². The number of rotatable bonds is 0. The van der Waals surface area contributed by atoms with Crippen LogP contribution in [0.3, 0.4) is 0 Å². The molecule has 0 saturated carbocycles. The van der Waals surface area contributed by atoms with Crippen molar-refractivity contribution in [2.75, 3.05) is 5.73 Å². The molecule has 0 unspecified atom stereocenters. The van der Waals surface area contributed by atoms with Crippen LogP contribution in [0.5, 0.6) is 0 Å². The first kappa shape index (κ1) is 8.78. The quantitative estimate of drug-likeness (QED) is 0.736. The Morgan fingerprint density at radius 1 is 1.38 bits per heavy atom. The van der Waals surface area contributed by atoms with Crippen LogP contribution in [-0.2, 0) is 0 Å². The maximum absolute atomic E-state index is 5.91. The number of nitrogen functional groups attached to an aromatic ring is 1. The molecule has 2 N–H and O–H groups in total. The smallest absolute Gasteiger partial charge is 0.137 e. The lowest BCUT2D eigenvalue weighted by Crippen LogP contribution is -1.90. The van der Waals surface area contributed by atoms with Crippen LogP contribution in [0.1, 0.15) is 0 Å². The highest BCUT2D eigenvalue weighted by Crippen LogP contribution is 2.31. The standard InChI is InChI=1S/C9H6BrClN2/c10-6-3-1-2-5-8(6)7(12)4-13-9(5)11/h1-4H,12H2. The fourth-order valence-corrected chi connectivity index (χ4v) is 2.05. The van der Waals surface area contributed by atoms with E-state index in [1.165, 1.54) is 0 Å². The van der Waals surface area contributed by atoms with E-state index in [0.717, 1.165) is 15.2 Å². The number of aromatic nitrogens is 1. The van der Waals surface area contributed by atoms with Gasteiger partial charge in [0.2, 0.25) is 0 Å². The average molecular weight is 258 g/mol. The number of nitrogens with two attached hydrogens (primary N) is 1. The van der Waals surface area contributed by atoms with Gasteiger partial charge in [-0.3, -0.25) is 0 Å². The number of anilines is 1. The van der Waals surface area contributed by atoms with Gasteiger partial charge in [0.1, 0.15) is 5.15 Å². The molecule has 1 aromatic carbocycles. The van der Waals surface area contributed by atoms with Crippen molar-refractivity contribution in [3.63, 3.8) is 0 Å². The van der Waals surface area contributed by atoms with Gasteiger partial charge in [-0.25, -0.2) is 4.98 Å². The van der Waals surface area contributed by atoms with Gasteiger partial charge in [0.05, 0.1) is 11.9 Å². The van der Waals surface area contributed by atoms with Gasteiger partial charge in [0.15, 0.2) is 0 Å². The largest absolute Gasteiger partial charge is 0.397 e. The molecule has 0 fully saturated rings. The first-order valence-corrected chi connectivity index (χ1v) is 4.85. The lowest BCUT2D eigenvalue weighted by atomic mass is 10.1. The number of benzene rings is 1. The fourth-order valence-electron chi connectivity index (χ4n) is 1.25. The van der Waals surface area contributed by atoms with Crippen molar-refractivity contribution in [2.45, 2.75) is 0 Å². The van der Waals surface area contributed by atoms with Crippen LogP contribution >= 0.6 is 27.5 Å². The molecule has 2 rings (SSSR count). The number of nitrogens with zero attached hydrogens (tertiary/aromatic N) is 1. The molecule has 0 atom stereocenters. The summed E-state index contributed by atoms with van der Waals surface area (Å²) in [5.41, 5.74) is 6.41. The van der Waals surface area contributed by atoms with E-state index in [1.807, 2.05) is 18.2 Å². The highest BCUT2D eigenvalue weighted by molar-refractivity contribution is 9.10. The molecule has 1 heterocycles. The zero-order valence-corrected chi connectivity index (χ0v) is 8.93. The SMILES string of the molecule is Nc1cnc(Cl)c2cccc(Br)c12. The van der Waals surface area contributed by atoms with Crippen molar-refractivity contribution in [3.8, 4) is 0 Å². The average Bonchev–Trinajstić information content (AvgIpc) is 2.12. The van der Waals surface area contributed by atoms with Crippen molar-refractivity contribution in [1.29, 1.82) is 0 Å². The van der Waals surface area contributed by atoms with E-state index in [4.69, 9.17) is 17.3 Å². The second-order valence-corrected chi connectivity index (χ2v) is 3.88. The highest BCUT2D eigenvalue weighted by atomic mass is 79.9. The Bertz CT molecular complexity index is 462. The molecule has 0 spiro atoms. The number of pyridine rings is 1. The predicted octanol–water partition coefficient (Wildman–Crippen LogP) is 3.23. The number of hydrogen-bond donors (Lipinski definition) is 1. The molecule has 13 heavy (non-hydrogen) atoms. The van der Waals surface area contributed by atoms with Crippen LogP contribution in [0, 0.1) is 0 Å². The Hall–Kier alpha value is -0.800. The molecule has 0 saturated heterocycles. The minimum atomic E-state index is 0.477. The highest BCUT2D eigenvalue weighted by Gasteiger charge is 2.05. The molecule has 2 aromatic rings. The summed E-state index contributed by atoms with van der Waals surface area (Å²) in [6.07, 6.45) is 1.56. The summed E-state index contributed by atoms with van der Waals surface area (Å²) >= 11 is 9.33. The summed E-state index contributed by atoms with van der Waals surface area (Å²) in [4.78, 5) is 3.97. The molecule has 0 amide bonds.